The predicted octanol–water partition coefficient (Wildman–Crippen LogP) is 6.97. The molecule has 1 aliphatic rings. The van der Waals surface area contributed by atoms with Gasteiger partial charge in [-0.3, -0.25) is 4.79 Å². The average molecular weight is 563 g/mol. The van der Waals surface area contributed by atoms with E-state index in [0.717, 1.165) is 30.3 Å². The summed E-state index contributed by atoms with van der Waals surface area (Å²) in [7, 11) is 0. The standard InChI is InChI=1S/C22H15Br3N2O/c23-17-7-1-14(2-8-17)20-13-21(15-3-9-18(24)10-4-15)27(26-20)22(28)16-5-11-19(25)12-6-16/h1-12,21H,13H2/t21-/m0/s1. The van der Waals surface area contributed by atoms with Gasteiger partial charge in [0.1, 0.15) is 0 Å². The van der Waals surface area contributed by atoms with Crippen LogP contribution >= 0.6 is 47.8 Å². The second kappa shape index (κ2) is 8.31. The summed E-state index contributed by atoms with van der Waals surface area (Å²) in [5, 5.41) is 6.34. The van der Waals surface area contributed by atoms with Crippen LogP contribution in [0.2, 0.25) is 0 Å². The van der Waals surface area contributed by atoms with Gasteiger partial charge >= 0.3 is 0 Å². The fourth-order valence-electron chi connectivity index (χ4n) is 3.18. The molecule has 0 bridgehead atoms. The number of carbonyl (C=O) groups is 1. The lowest BCUT2D eigenvalue weighted by atomic mass is 9.98. The van der Waals surface area contributed by atoms with E-state index in [-0.39, 0.29) is 11.9 Å². The van der Waals surface area contributed by atoms with Crippen LogP contribution in [-0.4, -0.2) is 16.6 Å². The maximum absolute atomic E-state index is 13.2. The lowest BCUT2D eigenvalue weighted by Crippen LogP contribution is -2.27. The predicted molar refractivity (Wildman–Crippen MR) is 122 cm³/mol. The highest BCUT2D eigenvalue weighted by molar-refractivity contribution is 9.11. The minimum atomic E-state index is -0.136. The first-order chi connectivity index (χ1) is 13.5. The van der Waals surface area contributed by atoms with Crippen molar-refractivity contribution in [1.82, 2.24) is 5.01 Å². The average Bonchev–Trinajstić information content (AvgIpc) is 3.14. The van der Waals surface area contributed by atoms with Crippen molar-refractivity contribution in [1.29, 1.82) is 0 Å². The molecule has 0 N–H and O–H groups in total. The number of carbonyl (C=O) groups excluding carboxylic acids is 1. The minimum Gasteiger partial charge on any atom is -0.267 e. The van der Waals surface area contributed by atoms with Crippen LogP contribution in [-0.2, 0) is 0 Å². The Kier molecular flexibility index (Phi) is 5.80. The van der Waals surface area contributed by atoms with Gasteiger partial charge < -0.3 is 0 Å². The lowest BCUT2D eigenvalue weighted by molar-refractivity contribution is 0.0711. The van der Waals surface area contributed by atoms with Crippen molar-refractivity contribution in [2.75, 3.05) is 0 Å². The molecule has 1 heterocycles. The summed E-state index contributed by atoms with van der Waals surface area (Å²) in [5.74, 6) is -0.104. The third kappa shape index (κ3) is 4.14. The van der Waals surface area contributed by atoms with Crippen LogP contribution in [0.4, 0.5) is 0 Å². The molecule has 3 nitrogen and oxygen atoms in total. The summed E-state index contributed by atoms with van der Waals surface area (Å²) in [6.45, 7) is 0. The van der Waals surface area contributed by atoms with E-state index in [1.165, 1.54) is 0 Å². The van der Waals surface area contributed by atoms with Crippen LogP contribution in [0.15, 0.2) is 91.3 Å². The number of hydrogen-bond donors (Lipinski definition) is 0. The summed E-state index contributed by atoms with van der Waals surface area (Å²) in [6, 6.07) is 23.3. The topological polar surface area (TPSA) is 32.7 Å². The number of halogens is 3. The maximum Gasteiger partial charge on any atom is 0.274 e. The molecule has 0 unspecified atom stereocenters. The largest absolute Gasteiger partial charge is 0.274 e. The second-order valence-corrected chi connectivity index (χ2v) is 9.23. The molecule has 4 rings (SSSR count). The van der Waals surface area contributed by atoms with Gasteiger partial charge in [-0.1, -0.05) is 72.1 Å². The summed E-state index contributed by atoms with van der Waals surface area (Å²) >= 11 is 10.4. The van der Waals surface area contributed by atoms with Crippen molar-refractivity contribution in [3.05, 3.63) is 103 Å². The van der Waals surface area contributed by atoms with E-state index in [1.54, 1.807) is 5.01 Å². The second-order valence-electron chi connectivity index (χ2n) is 6.48. The summed E-state index contributed by atoms with van der Waals surface area (Å²) in [4.78, 5) is 13.2. The minimum absolute atomic E-state index is 0.104. The first-order valence-corrected chi connectivity index (χ1v) is 11.1. The van der Waals surface area contributed by atoms with Crippen LogP contribution in [0, 0.1) is 0 Å². The third-order valence-corrected chi connectivity index (χ3v) is 6.23. The van der Waals surface area contributed by atoms with Gasteiger partial charge in [0, 0.05) is 25.4 Å². The van der Waals surface area contributed by atoms with Gasteiger partial charge in [0.15, 0.2) is 0 Å². The van der Waals surface area contributed by atoms with Crippen molar-refractivity contribution in [2.24, 2.45) is 5.10 Å². The fraction of sp³-hybridized carbons (Fsp3) is 0.0909. The molecule has 0 fully saturated rings. The lowest BCUT2D eigenvalue weighted by Gasteiger charge is -2.22. The first-order valence-electron chi connectivity index (χ1n) is 8.69. The number of amides is 1. The molecule has 0 spiro atoms. The maximum atomic E-state index is 13.2. The van der Waals surface area contributed by atoms with Crippen LogP contribution in [0.25, 0.3) is 0 Å². The highest BCUT2D eigenvalue weighted by Crippen LogP contribution is 2.34. The molecular weight excluding hydrogens is 548 g/mol. The van der Waals surface area contributed by atoms with Gasteiger partial charge in [-0.05, 0) is 59.7 Å². The highest BCUT2D eigenvalue weighted by atomic mass is 79.9. The normalized spacial score (nSPS) is 16.2. The Morgan fingerprint density at radius 1 is 0.786 bits per heavy atom. The Morgan fingerprint density at radius 2 is 1.29 bits per heavy atom. The van der Waals surface area contributed by atoms with E-state index >= 15 is 0 Å². The molecule has 0 aromatic heterocycles. The smallest absolute Gasteiger partial charge is 0.267 e. The van der Waals surface area contributed by atoms with Crippen LogP contribution in [0.3, 0.4) is 0 Å². The van der Waals surface area contributed by atoms with E-state index < -0.39 is 0 Å². The van der Waals surface area contributed by atoms with Crippen molar-refractivity contribution in [2.45, 2.75) is 12.5 Å². The highest BCUT2D eigenvalue weighted by Gasteiger charge is 2.33. The zero-order chi connectivity index (χ0) is 19.7. The van der Waals surface area contributed by atoms with E-state index in [1.807, 2.05) is 72.8 Å². The monoisotopic (exact) mass is 560 g/mol. The van der Waals surface area contributed by atoms with Gasteiger partial charge in [0.25, 0.3) is 5.91 Å². The van der Waals surface area contributed by atoms with Gasteiger partial charge in [0.05, 0.1) is 11.8 Å². The molecule has 140 valence electrons. The first kappa shape index (κ1) is 19.6. The van der Waals surface area contributed by atoms with Crippen LogP contribution in [0.5, 0.6) is 0 Å². The molecule has 0 saturated heterocycles. The van der Waals surface area contributed by atoms with Gasteiger partial charge in [-0.15, -0.1) is 0 Å². The molecule has 1 amide bonds. The molecule has 0 saturated carbocycles. The Bertz CT molecular complexity index is 1030. The van der Waals surface area contributed by atoms with Crippen molar-refractivity contribution in [3.8, 4) is 0 Å². The van der Waals surface area contributed by atoms with Gasteiger partial charge in [0.2, 0.25) is 0 Å². The molecule has 1 aliphatic heterocycles. The zero-order valence-corrected chi connectivity index (χ0v) is 19.4. The van der Waals surface area contributed by atoms with Crippen molar-refractivity contribution >= 4 is 59.4 Å². The number of hydrogen-bond acceptors (Lipinski definition) is 2. The Labute approximate surface area is 188 Å². The van der Waals surface area contributed by atoms with Crippen molar-refractivity contribution in [3.63, 3.8) is 0 Å². The van der Waals surface area contributed by atoms with E-state index in [4.69, 9.17) is 5.10 Å². The zero-order valence-electron chi connectivity index (χ0n) is 14.6. The molecule has 6 heteroatoms. The molecule has 1 atom stereocenters. The molecule has 0 radical (unpaired) electrons. The van der Waals surface area contributed by atoms with Crippen molar-refractivity contribution < 1.29 is 4.79 Å². The Hall–Kier alpha value is -1.76. The molecule has 3 aromatic carbocycles. The number of nitrogens with zero attached hydrogens (tertiary/aromatic N) is 2. The third-order valence-electron chi connectivity index (χ3n) is 4.64. The Morgan fingerprint density at radius 3 is 1.86 bits per heavy atom. The number of hydrazone groups is 1. The SMILES string of the molecule is O=C(c1ccc(Br)cc1)N1N=C(c2ccc(Br)cc2)C[C@H]1c1ccc(Br)cc1. The van der Waals surface area contributed by atoms with Crippen LogP contribution < -0.4 is 0 Å². The van der Waals surface area contributed by atoms with E-state index in [0.29, 0.717) is 12.0 Å². The summed E-state index contributed by atoms with van der Waals surface area (Å²) < 4.78 is 2.96. The van der Waals surface area contributed by atoms with E-state index in [2.05, 4.69) is 47.8 Å². The molecule has 3 aromatic rings. The van der Waals surface area contributed by atoms with Gasteiger partial charge in [-0.2, -0.15) is 5.10 Å². The van der Waals surface area contributed by atoms with E-state index in [9.17, 15) is 4.79 Å². The summed E-state index contributed by atoms with van der Waals surface area (Å²) in [5.41, 5.74) is 3.61. The van der Waals surface area contributed by atoms with Crippen LogP contribution in [0.1, 0.15) is 33.9 Å². The fourth-order valence-corrected chi connectivity index (χ4v) is 3.98. The summed E-state index contributed by atoms with van der Waals surface area (Å²) in [6.07, 6.45) is 0.672. The Balaban J connectivity index is 1.72. The number of rotatable bonds is 3. The number of benzene rings is 3. The molecular formula is C22H15Br3N2O. The molecule has 28 heavy (non-hydrogen) atoms. The van der Waals surface area contributed by atoms with Gasteiger partial charge in [-0.25, -0.2) is 5.01 Å². The molecule has 0 aliphatic carbocycles. The quantitative estimate of drug-likeness (QED) is 0.339.